The summed E-state index contributed by atoms with van der Waals surface area (Å²) < 4.78 is 78.4. The molecule has 8 heteroatoms. The Bertz CT molecular complexity index is 775. The van der Waals surface area contributed by atoms with Crippen LogP contribution in [0.15, 0.2) is 42.5 Å². The van der Waals surface area contributed by atoms with Gasteiger partial charge in [0.2, 0.25) is 0 Å². The predicted molar refractivity (Wildman–Crippen MR) is 94.6 cm³/mol. The summed E-state index contributed by atoms with van der Waals surface area (Å²) in [6, 6.07) is 8.59. The van der Waals surface area contributed by atoms with Crippen molar-refractivity contribution < 1.29 is 26.3 Å². The van der Waals surface area contributed by atoms with Gasteiger partial charge in [-0.05, 0) is 60.3 Å². The van der Waals surface area contributed by atoms with Crippen LogP contribution in [0.4, 0.5) is 26.3 Å². The summed E-state index contributed by atoms with van der Waals surface area (Å²) in [5.74, 6) is 0. The Kier molecular flexibility index (Phi) is 6.00. The number of benzene rings is 2. The molecule has 1 fully saturated rings. The second-order valence-corrected chi connectivity index (χ2v) is 6.92. The van der Waals surface area contributed by atoms with Crippen LogP contribution in [0.3, 0.4) is 0 Å². The summed E-state index contributed by atoms with van der Waals surface area (Å²) in [4.78, 5) is 0. The normalized spacial score (nSPS) is 17.9. The summed E-state index contributed by atoms with van der Waals surface area (Å²) in [7, 11) is 0. The molecule has 0 aromatic heterocycles. The Hall–Kier alpha value is -2.06. The van der Waals surface area contributed by atoms with Gasteiger partial charge in [-0.3, -0.25) is 0 Å². The van der Waals surface area contributed by atoms with Gasteiger partial charge in [0.15, 0.2) is 0 Å². The molecule has 0 saturated carbocycles. The molecule has 3 rings (SSSR count). The van der Waals surface area contributed by atoms with Gasteiger partial charge in [0.25, 0.3) is 0 Å². The lowest BCUT2D eigenvalue weighted by atomic mass is 9.98. The maximum absolute atomic E-state index is 13.1. The molecular weight excluding hydrogens is 382 g/mol. The Morgan fingerprint density at radius 2 is 1.57 bits per heavy atom. The van der Waals surface area contributed by atoms with Gasteiger partial charge >= 0.3 is 12.4 Å². The summed E-state index contributed by atoms with van der Waals surface area (Å²) in [5.41, 5.74) is -1.63. The third-order valence-electron chi connectivity index (χ3n) is 4.73. The molecule has 0 unspecified atom stereocenters. The summed E-state index contributed by atoms with van der Waals surface area (Å²) >= 11 is 0. The van der Waals surface area contributed by atoms with Crippen molar-refractivity contribution in [1.82, 2.24) is 10.6 Å². The van der Waals surface area contributed by atoms with Crippen LogP contribution in [-0.4, -0.2) is 19.1 Å². The zero-order chi connectivity index (χ0) is 20.4. The summed E-state index contributed by atoms with van der Waals surface area (Å²) in [6.45, 7) is 2.22. The van der Waals surface area contributed by atoms with Crippen molar-refractivity contribution in [2.75, 3.05) is 13.1 Å². The number of halogens is 6. The highest BCUT2D eigenvalue weighted by atomic mass is 19.4. The maximum Gasteiger partial charge on any atom is 0.416 e. The lowest BCUT2D eigenvalue weighted by Gasteiger charge is -2.15. The first-order chi connectivity index (χ1) is 13.1. The molecule has 0 radical (unpaired) electrons. The zero-order valence-corrected chi connectivity index (χ0v) is 14.9. The topological polar surface area (TPSA) is 24.1 Å². The van der Waals surface area contributed by atoms with Crippen LogP contribution in [0.25, 0.3) is 11.1 Å². The van der Waals surface area contributed by atoms with E-state index in [0.29, 0.717) is 18.2 Å². The third kappa shape index (κ3) is 5.26. The van der Waals surface area contributed by atoms with Gasteiger partial charge in [-0.15, -0.1) is 0 Å². The minimum absolute atomic E-state index is 0.110. The molecule has 0 amide bonds. The van der Waals surface area contributed by atoms with Crippen molar-refractivity contribution in [2.24, 2.45) is 0 Å². The lowest BCUT2D eigenvalue weighted by molar-refractivity contribution is -0.143. The van der Waals surface area contributed by atoms with Gasteiger partial charge in [0.05, 0.1) is 11.1 Å². The van der Waals surface area contributed by atoms with Crippen molar-refractivity contribution in [1.29, 1.82) is 0 Å². The molecule has 2 nitrogen and oxygen atoms in total. The lowest BCUT2D eigenvalue weighted by Crippen LogP contribution is -2.33. The Labute approximate surface area is 158 Å². The van der Waals surface area contributed by atoms with Crippen LogP contribution in [0.1, 0.15) is 29.5 Å². The fourth-order valence-electron chi connectivity index (χ4n) is 3.30. The SMILES string of the molecule is FC(F)(F)c1cc(-c2cccc(CNC[C@@H]3CCCN3)c2)cc(C(F)(F)F)c1. The number of hydrogen-bond donors (Lipinski definition) is 2. The molecule has 0 bridgehead atoms. The van der Waals surface area contributed by atoms with Gasteiger partial charge in [-0.1, -0.05) is 18.2 Å². The predicted octanol–water partition coefficient (Wildman–Crippen LogP) is 5.23. The van der Waals surface area contributed by atoms with Crippen molar-refractivity contribution in [3.05, 3.63) is 59.2 Å². The molecule has 0 spiro atoms. The van der Waals surface area contributed by atoms with Crippen molar-refractivity contribution in [3.8, 4) is 11.1 Å². The fourth-order valence-corrected chi connectivity index (χ4v) is 3.30. The van der Waals surface area contributed by atoms with Crippen molar-refractivity contribution in [3.63, 3.8) is 0 Å². The number of nitrogens with one attached hydrogen (secondary N) is 2. The molecule has 1 atom stereocenters. The quantitative estimate of drug-likeness (QED) is 0.669. The van der Waals surface area contributed by atoms with Crippen LogP contribution in [0.5, 0.6) is 0 Å². The van der Waals surface area contributed by atoms with E-state index < -0.39 is 23.5 Å². The molecule has 1 heterocycles. The van der Waals surface area contributed by atoms with Crippen LogP contribution < -0.4 is 10.6 Å². The van der Waals surface area contributed by atoms with E-state index in [1.165, 1.54) is 6.07 Å². The van der Waals surface area contributed by atoms with Gasteiger partial charge < -0.3 is 10.6 Å². The molecule has 152 valence electrons. The van der Waals surface area contributed by atoms with Gasteiger partial charge in [-0.25, -0.2) is 0 Å². The van der Waals surface area contributed by atoms with Gasteiger partial charge in [0, 0.05) is 19.1 Å². The Morgan fingerprint density at radius 3 is 2.14 bits per heavy atom. The average Bonchev–Trinajstić information content (AvgIpc) is 3.14. The average molecular weight is 402 g/mol. The highest BCUT2D eigenvalue weighted by Crippen LogP contribution is 2.38. The molecule has 2 aromatic rings. The highest BCUT2D eigenvalue weighted by molar-refractivity contribution is 5.66. The Morgan fingerprint density at radius 1 is 0.893 bits per heavy atom. The highest BCUT2D eigenvalue weighted by Gasteiger charge is 2.37. The molecular formula is C20H20F6N2. The zero-order valence-electron chi connectivity index (χ0n) is 14.9. The third-order valence-corrected chi connectivity index (χ3v) is 4.73. The second kappa shape index (κ2) is 8.13. The van der Waals surface area contributed by atoms with Crippen LogP contribution in [0.2, 0.25) is 0 Å². The first-order valence-electron chi connectivity index (χ1n) is 8.96. The van der Waals surface area contributed by atoms with Gasteiger partial charge in [-0.2, -0.15) is 26.3 Å². The summed E-state index contributed by atoms with van der Waals surface area (Å²) in [5, 5.41) is 6.62. The Balaban J connectivity index is 1.83. The van der Waals surface area contributed by atoms with Crippen LogP contribution in [-0.2, 0) is 18.9 Å². The van der Waals surface area contributed by atoms with E-state index in [1.54, 1.807) is 18.2 Å². The minimum Gasteiger partial charge on any atom is -0.313 e. The minimum atomic E-state index is -4.86. The standard InChI is InChI=1S/C20H20F6N2/c21-19(22,23)16-8-15(9-17(10-16)20(24,25)26)14-4-1-3-13(7-14)11-27-12-18-5-2-6-28-18/h1,3-4,7-10,18,27-28H,2,5-6,11-12H2/t18-/m0/s1. The van der Waals surface area contributed by atoms with Gasteiger partial charge in [0.1, 0.15) is 0 Å². The number of hydrogen-bond acceptors (Lipinski definition) is 2. The largest absolute Gasteiger partial charge is 0.416 e. The molecule has 1 aliphatic heterocycles. The number of rotatable bonds is 5. The smallest absolute Gasteiger partial charge is 0.313 e. The van der Waals surface area contributed by atoms with E-state index >= 15 is 0 Å². The fraction of sp³-hybridized carbons (Fsp3) is 0.400. The number of alkyl halides is 6. The van der Waals surface area contributed by atoms with Crippen molar-refractivity contribution >= 4 is 0 Å². The van der Waals surface area contributed by atoms with E-state index in [2.05, 4.69) is 10.6 Å². The van der Waals surface area contributed by atoms with Crippen LogP contribution in [0, 0.1) is 0 Å². The van der Waals surface area contributed by atoms with E-state index in [0.717, 1.165) is 43.6 Å². The van der Waals surface area contributed by atoms with E-state index in [9.17, 15) is 26.3 Å². The van der Waals surface area contributed by atoms with E-state index in [-0.39, 0.29) is 11.6 Å². The summed E-state index contributed by atoms with van der Waals surface area (Å²) in [6.07, 6.45) is -7.51. The molecule has 1 saturated heterocycles. The van der Waals surface area contributed by atoms with Crippen molar-refractivity contribution in [2.45, 2.75) is 37.8 Å². The molecule has 2 N–H and O–H groups in total. The van der Waals surface area contributed by atoms with Crippen LogP contribution >= 0.6 is 0 Å². The molecule has 1 aliphatic rings. The second-order valence-electron chi connectivity index (χ2n) is 6.92. The van der Waals surface area contributed by atoms with E-state index in [4.69, 9.17) is 0 Å². The molecule has 28 heavy (non-hydrogen) atoms. The monoisotopic (exact) mass is 402 g/mol. The first kappa shape index (κ1) is 20.7. The molecule has 0 aliphatic carbocycles. The first-order valence-corrected chi connectivity index (χ1v) is 8.96. The molecule has 2 aromatic carbocycles. The van der Waals surface area contributed by atoms with E-state index in [1.807, 2.05) is 0 Å². The maximum atomic E-state index is 13.1.